The summed E-state index contributed by atoms with van der Waals surface area (Å²) in [4.78, 5) is 21.0. The zero-order valence-corrected chi connectivity index (χ0v) is 15.5. The van der Waals surface area contributed by atoms with E-state index in [1.165, 1.54) is 12.0 Å². The first-order valence-corrected chi connectivity index (χ1v) is 9.20. The molecule has 7 heteroatoms. The first-order chi connectivity index (χ1) is 13.2. The second-order valence-corrected chi connectivity index (χ2v) is 6.97. The fraction of sp³-hybridized carbons (Fsp3) is 0.250. The fourth-order valence-corrected chi connectivity index (χ4v) is 3.46. The van der Waals surface area contributed by atoms with E-state index in [2.05, 4.69) is 21.1 Å². The number of nitrogens with zero attached hydrogens (tertiary/aromatic N) is 4. The van der Waals surface area contributed by atoms with Crippen LogP contribution in [0.1, 0.15) is 15.9 Å². The van der Waals surface area contributed by atoms with Crippen LogP contribution >= 0.6 is 11.6 Å². The van der Waals surface area contributed by atoms with Crippen LogP contribution < -0.4 is 0 Å². The highest BCUT2D eigenvalue weighted by atomic mass is 35.5. The van der Waals surface area contributed by atoms with Gasteiger partial charge in [0.15, 0.2) is 0 Å². The second-order valence-electron chi connectivity index (χ2n) is 6.53. The minimum Gasteiger partial charge on any atom is -0.342 e. The Kier molecular flexibility index (Phi) is 5.18. The average Bonchev–Trinajstić information content (AvgIpc) is 3.23. The van der Waals surface area contributed by atoms with Crippen molar-refractivity contribution in [2.45, 2.75) is 6.54 Å². The summed E-state index contributed by atoms with van der Waals surface area (Å²) in [6, 6.07) is 15.2. The van der Waals surface area contributed by atoms with Gasteiger partial charge in [0.1, 0.15) is 0 Å². The number of amides is 1. The van der Waals surface area contributed by atoms with Gasteiger partial charge in [0, 0.05) is 48.9 Å². The van der Waals surface area contributed by atoms with E-state index in [-0.39, 0.29) is 5.91 Å². The van der Waals surface area contributed by atoms with Crippen LogP contribution in [0.15, 0.2) is 59.4 Å². The molecule has 3 aromatic rings. The Labute approximate surface area is 162 Å². The van der Waals surface area contributed by atoms with Crippen LogP contribution in [-0.4, -0.2) is 52.0 Å². The molecule has 0 radical (unpaired) electrons. The molecule has 2 aromatic carbocycles. The molecule has 0 bridgehead atoms. The summed E-state index contributed by atoms with van der Waals surface area (Å²) in [7, 11) is 0. The number of carbonyl (C=O) groups excluding carboxylic acids is 1. The van der Waals surface area contributed by atoms with Gasteiger partial charge in [0.25, 0.3) is 5.91 Å². The Hall–Kier alpha value is -2.70. The Balaban J connectivity index is 1.34. The van der Waals surface area contributed by atoms with Crippen LogP contribution in [0.2, 0.25) is 5.02 Å². The predicted octanol–water partition coefficient (Wildman–Crippen LogP) is 3.35. The summed E-state index contributed by atoms with van der Waals surface area (Å²) in [6.07, 6.45) is 1.29. The molecule has 6 nitrogen and oxygen atoms in total. The molecule has 0 spiro atoms. The Morgan fingerprint density at radius 3 is 2.52 bits per heavy atom. The van der Waals surface area contributed by atoms with E-state index in [1.807, 2.05) is 47.4 Å². The highest BCUT2D eigenvalue weighted by Gasteiger charge is 2.22. The Bertz CT molecular complexity index is 904. The molecule has 4 rings (SSSR count). The molecule has 1 fully saturated rings. The maximum atomic E-state index is 12.7. The minimum absolute atomic E-state index is 0.0528. The van der Waals surface area contributed by atoms with Crippen molar-refractivity contribution in [3.8, 4) is 11.4 Å². The smallest absolute Gasteiger partial charge is 0.253 e. The molecule has 0 saturated carbocycles. The van der Waals surface area contributed by atoms with Crippen molar-refractivity contribution in [1.29, 1.82) is 0 Å². The van der Waals surface area contributed by atoms with Crippen LogP contribution in [0.25, 0.3) is 11.4 Å². The van der Waals surface area contributed by atoms with Gasteiger partial charge in [0.2, 0.25) is 12.2 Å². The lowest BCUT2D eigenvalue weighted by Crippen LogP contribution is -2.48. The van der Waals surface area contributed by atoms with E-state index in [1.54, 1.807) is 0 Å². The average molecular weight is 383 g/mol. The number of aromatic nitrogens is 2. The molecule has 1 saturated heterocycles. The van der Waals surface area contributed by atoms with Gasteiger partial charge < -0.3 is 9.42 Å². The lowest BCUT2D eigenvalue weighted by Gasteiger charge is -2.34. The number of carbonyl (C=O) groups is 1. The topological polar surface area (TPSA) is 62.5 Å². The van der Waals surface area contributed by atoms with Crippen LogP contribution in [0.4, 0.5) is 0 Å². The van der Waals surface area contributed by atoms with E-state index in [0.29, 0.717) is 24.5 Å². The summed E-state index contributed by atoms with van der Waals surface area (Å²) in [5.41, 5.74) is 2.69. The molecule has 0 aliphatic carbocycles. The monoisotopic (exact) mass is 382 g/mol. The highest BCUT2D eigenvalue weighted by molar-refractivity contribution is 6.30. The van der Waals surface area contributed by atoms with Crippen molar-refractivity contribution in [3.05, 3.63) is 71.1 Å². The van der Waals surface area contributed by atoms with Gasteiger partial charge >= 0.3 is 0 Å². The number of benzene rings is 2. The lowest BCUT2D eigenvalue weighted by molar-refractivity contribution is 0.0628. The van der Waals surface area contributed by atoms with Crippen LogP contribution in [0.3, 0.4) is 0 Å². The molecule has 1 aromatic heterocycles. The number of hydrogen-bond donors (Lipinski definition) is 0. The van der Waals surface area contributed by atoms with Crippen molar-refractivity contribution < 1.29 is 9.32 Å². The zero-order valence-electron chi connectivity index (χ0n) is 14.7. The summed E-state index contributed by atoms with van der Waals surface area (Å²) in [6.45, 7) is 3.97. The number of halogens is 1. The third-order valence-corrected chi connectivity index (χ3v) is 4.94. The molecule has 0 unspecified atom stereocenters. The molecule has 27 heavy (non-hydrogen) atoms. The molecule has 2 heterocycles. The summed E-state index contributed by atoms with van der Waals surface area (Å²) < 4.78 is 4.75. The van der Waals surface area contributed by atoms with Crippen molar-refractivity contribution in [2.24, 2.45) is 0 Å². The normalized spacial score (nSPS) is 15.1. The third kappa shape index (κ3) is 4.18. The third-order valence-electron chi connectivity index (χ3n) is 4.71. The SMILES string of the molecule is O=C(c1ccc(-c2ncon2)cc1)N1CCN(Cc2cccc(Cl)c2)CC1. The summed E-state index contributed by atoms with van der Waals surface area (Å²) in [5.74, 6) is 0.570. The minimum atomic E-state index is 0.0528. The molecule has 1 aliphatic heterocycles. The molecule has 0 N–H and O–H groups in total. The predicted molar refractivity (Wildman–Crippen MR) is 102 cm³/mol. The van der Waals surface area contributed by atoms with Crippen molar-refractivity contribution in [2.75, 3.05) is 26.2 Å². The maximum absolute atomic E-state index is 12.7. The zero-order chi connectivity index (χ0) is 18.6. The van der Waals surface area contributed by atoms with Crippen LogP contribution in [0.5, 0.6) is 0 Å². The second kappa shape index (κ2) is 7.90. The van der Waals surface area contributed by atoms with Crippen LogP contribution in [-0.2, 0) is 6.54 Å². The van der Waals surface area contributed by atoms with Gasteiger partial charge in [-0.3, -0.25) is 9.69 Å². The van der Waals surface area contributed by atoms with Gasteiger partial charge in [-0.1, -0.05) is 41.0 Å². The van der Waals surface area contributed by atoms with E-state index >= 15 is 0 Å². The van der Waals surface area contributed by atoms with Gasteiger partial charge in [-0.15, -0.1) is 0 Å². The first kappa shape index (κ1) is 17.7. The summed E-state index contributed by atoms with van der Waals surface area (Å²) >= 11 is 6.05. The highest BCUT2D eigenvalue weighted by Crippen LogP contribution is 2.18. The summed E-state index contributed by atoms with van der Waals surface area (Å²) in [5, 5.41) is 4.56. The molecule has 1 aliphatic rings. The first-order valence-electron chi connectivity index (χ1n) is 8.82. The standard InChI is InChI=1S/C20H19ClN4O2/c21-18-3-1-2-15(12-18)13-24-8-10-25(11-9-24)20(26)17-6-4-16(5-7-17)19-22-14-27-23-19/h1-7,12,14H,8-11,13H2. The molecular weight excluding hydrogens is 364 g/mol. The molecular formula is C20H19ClN4O2. The van der Waals surface area contributed by atoms with Gasteiger partial charge in [-0.05, 0) is 29.8 Å². The largest absolute Gasteiger partial charge is 0.342 e. The van der Waals surface area contributed by atoms with E-state index in [0.717, 1.165) is 30.2 Å². The number of piperazine rings is 1. The maximum Gasteiger partial charge on any atom is 0.253 e. The van der Waals surface area contributed by atoms with Gasteiger partial charge in [0.05, 0.1) is 0 Å². The van der Waals surface area contributed by atoms with Crippen molar-refractivity contribution >= 4 is 17.5 Å². The van der Waals surface area contributed by atoms with Crippen molar-refractivity contribution in [1.82, 2.24) is 19.9 Å². The van der Waals surface area contributed by atoms with Crippen LogP contribution in [0, 0.1) is 0 Å². The number of hydrogen-bond acceptors (Lipinski definition) is 5. The Morgan fingerprint density at radius 2 is 1.85 bits per heavy atom. The van der Waals surface area contributed by atoms with E-state index in [4.69, 9.17) is 16.1 Å². The fourth-order valence-electron chi connectivity index (χ4n) is 3.24. The number of rotatable bonds is 4. The van der Waals surface area contributed by atoms with Gasteiger partial charge in [-0.25, -0.2) is 0 Å². The Morgan fingerprint density at radius 1 is 1.07 bits per heavy atom. The van der Waals surface area contributed by atoms with E-state index < -0.39 is 0 Å². The quantitative estimate of drug-likeness (QED) is 0.692. The van der Waals surface area contributed by atoms with E-state index in [9.17, 15) is 4.79 Å². The molecule has 138 valence electrons. The lowest BCUT2D eigenvalue weighted by atomic mass is 10.1. The molecule has 1 amide bonds. The molecule has 0 atom stereocenters. The van der Waals surface area contributed by atoms with Crippen molar-refractivity contribution in [3.63, 3.8) is 0 Å². The van der Waals surface area contributed by atoms with Gasteiger partial charge in [-0.2, -0.15) is 4.98 Å².